The van der Waals surface area contributed by atoms with Crippen molar-refractivity contribution in [3.63, 3.8) is 0 Å². The predicted molar refractivity (Wildman–Crippen MR) is 28.9 cm³/mol. The van der Waals surface area contributed by atoms with Crippen molar-refractivity contribution in [3.05, 3.63) is 0 Å². The number of aliphatic hydroxyl groups is 3. The highest BCUT2D eigenvalue weighted by molar-refractivity contribution is 5.01. The Bertz CT molecular complexity index is 99.1. The molecule has 4 nitrogen and oxygen atoms in total. The molecule has 0 saturated carbocycles. The minimum absolute atomic E-state index is 0.138. The van der Waals surface area contributed by atoms with E-state index in [4.69, 9.17) is 20.1 Å². The molecule has 1 heterocycles. The van der Waals surface area contributed by atoms with Crippen LogP contribution in [0.5, 0.6) is 0 Å². The normalized spacial score (nSPS) is 30.3. The fourth-order valence-corrected chi connectivity index (χ4v) is 0.781. The molecule has 0 spiro atoms. The lowest BCUT2D eigenvalue weighted by molar-refractivity contribution is 0.108. The highest BCUT2D eigenvalue weighted by Crippen LogP contribution is 2.34. The summed E-state index contributed by atoms with van der Waals surface area (Å²) in [6.07, 6.45) is -0.368. The van der Waals surface area contributed by atoms with Gasteiger partial charge in [-0.2, -0.15) is 0 Å². The third-order valence-corrected chi connectivity index (χ3v) is 1.61. The summed E-state index contributed by atoms with van der Waals surface area (Å²) in [6.45, 7) is -0.593. The van der Waals surface area contributed by atoms with Gasteiger partial charge in [-0.15, -0.1) is 0 Å². The lowest BCUT2D eigenvalue weighted by Gasteiger charge is -2.01. The molecule has 1 aliphatic rings. The smallest absolute Gasteiger partial charge is 0.143 e. The summed E-state index contributed by atoms with van der Waals surface area (Å²) < 4.78 is 4.80. The van der Waals surface area contributed by atoms with E-state index in [-0.39, 0.29) is 25.9 Å². The predicted octanol–water partition coefficient (Wildman–Crippen LogP) is -1.90. The van der Waals surface area contributed by atoms with Crippen LogP contribution in [0.4, 0.5) is 0 Å². The van der Waals surface area contributed by atoms with Gasteiger partial charge in [0.2, 0.25) is 0 Å². The van der Waals surface area contributed by atoms with Gasteiger partial charge in [0.05, 0.1) is 19.8 Å². The Labute approximate surface area is 52.7 Å². The quantitative estimate of drug-likeness (QED) is 0.394. The molecule has 1 rings (SSSR count). The Morgan fingerprint density at radius 3 is 1.89 bits per heavy atom. The first-order valence-corrected chi connectivity index (χ1v) is 2.79. The minimum Gasteiger partial charge on any atom is -0.394 e. The Kier molecular flexibility index (Phi) is 1.72. The molecule has 0 bridgehead atoms. The summed E-state index contributed by atoms with van der Waals surface area (Å²) >= 11 is 0. The number of rotatable bonds is 3. The van der Waals surface area contributed by atoms with Crippen molar-refractivity contribution < 1.29 is 20.1 Å². The van der Waals surface area contributed by atoms with E-state index in [1.165, 1.54) is 0 Å². The van der Waals surface area contributed by atoms with Crippen molar-refractivity contribution in [1.29, 1.82) is 0 Å². The molecule has 0 radical (unpaired) electrons. The van der Waals surface area contributed by atoms with E-state index in [9.17, 15) is 0 Å². The van der Waals surface area contributed by atoms with Crippen LogP contribution in [-0.2, 0) is 4.74 Å². The first kappa shape index (κ1) is 6.95. The molecular weight excluding hydrogens is 124 g/mol. The lowest BCUT2D eigenvalue weighted by atomic mass is 10.1. The van der Waals surface area contributed by atoms with Gasteiger partial charge in [-0.3, -0.25) is 0 Å². The zero-order valence-electron chi connectivity index (χ0n) is 4.95. The third-order valence-electron chi connectivity index (χ3n) is 1.61. The number of epoxide rings is 1. The zero-order chi connectivity index (χ0) is 6.91. The van der Waals surface area contributed by atoms with Crippen molar-refractivity contribution in [3.8, 4) is 0 Å². The van der Waals surface area contributed by atoms with Gasteiger partial charge in [0.15, 0.2) is 0 Å². The maximum atomic E-state index is 8.56. The molecule has 1 atom stereocenters. The first-order chi connectivity index (χ1) is 4.29. The molecule has 4 heteroatoms. The van der Waals surface area contributed by atoms with E-state index in [0.29, 0.717) is 0 Å². The Balaban J connectivity index is 2.37. The molecule has 1 unspecified atom stereocenters. The van der Waals surface area contributed by atoms with Crippen LogP contribution in [0.25, 0.3) is 0 Å². The summed E-state index contributed by atoms with van der Waals surface area (Å²) in [5.74, 6) is 0. The monoisotopic (exact) mass is 134 g/mol. The van der Waals surface area contributed by atoms with Gasteiger partial charge in [0, 0.05) is 0 Å². The fraction of sp³-hybridized carbons (Fsp3) is 1.00. The van der Waals surface area contributed by atoms with E-state index in [1.807, 2.05) is 0 Å². The van der Waals surface area contributed by atoms with E-state index in [1.54, 1.807) is 0 Å². The summed E-state index contributed by atoms with van der Waals surface area (Å²) in [4.78, 5) is 0. The first-order valence-electron chi connectivity index (χ1n) is 2.79. The van der Waals surface area contributed by atoms with Gasteiger partial charge in [0.1, 0.15) is 11.7 Å². The van der Waals surface area contributed by atoms with Crippen LogP contribution in [0.2, 0.25) is 0 Å². The summed E-state index contributed by atoms with van der Waals surface area (Å²) in [5.41, 5.74) is -0.839. The van der Waals surface area contributed by atoms with E-state index in [2.05, 4.69) is 0 Å². The van der Waals surface area contributed by atoms with Gasteiger partial charge in [-0.1, -0.05) is 0 Å². The van der Waals surface area contributed by atoms with Crippen molar-refractivity contribution in [1.82, 2.24) is 0 Å². The molecule has 1 aliphatic heterocycles. The van der Waals surface area contributed by atoms with Gasteiger partial charge >= 0.3 is 0 Å². The molecule has 0 aromatic heterocycles. The van der Waals surface area contributed by atoms with Gasteiger partial charge in [-0.05, 0) is 0 Å². The largest absolute Gasteiger partial charge is 0.394 e. The third kappa shape index (κ3) is 0.943. The minimum atomic E-state index is -0.839. The molecule has 9 heavy (non-hydrogen) atoms. The second-order valence-corrected chi connectivity index (χ2v) is 2.17. The Morgan fingerprint density at radius 2 is 1.78 bits per heavy atom. The number of hydrogen-bond donors (Lipinski definition) is 3. The highest BCUT2D eigenvalue weighted by Gasteiger charge is 2.55. The van der Waals surface area contributed by atoms with Crippen molar-refractivity contribution in [2.45, 2.75) is 11.7 Å². The van der Waals surface area contributed by atoms with Crippen molar-refractivity contribution in [2.24, 2.45) is 0 Å². The van der Waals surface area contributed by atoms with Crippen LogP contribution in [-0.4, -0.2) is 46.8 Å². The van der Waals surface area contributed by atoms with Crippen LogP contribution < -0.4 is 0 Å². The van der Waals surface area contributed by atoms with Crippen LogP contribution >= 0.6 is 0 Å². The summed E-state index contributed by atoms with van der Waals surface area (Å²) in [5, 5.41) is 25.6. The molecule has 54 valence electrons. The van der Waals surface area contributed by atoms with Gasteiger partial charge in [-0.25, -0.2) is 0 Å². The second kappa shape index (κ2) is 2.22. The van der Waals surface area contributed by atoms with E-state index in [0.717, 1.165) is 0 Å². The van der Waals surface area contributed by atoms with Crippen LogP contribution in [0, 0.1) is 0 Å². The number of hydrogen-bond acceptors (Lipinski definition) is 4. The van der Waals surface area contributed by atoms with Crippen LogP contribution in [0.3, 0.4) is 0 Å². The Morgan fingerprint density at radius 1 is 1.22 bits per heavy atom. The SMILES string of the molecule is OCC1OC1(CO)CO. The average Bonchev–Trinajstić information content (AvgIpc) is 2.63. The topological polar surface area (TPSA) is 73.2 Å². The molecule has 0 aromatic carbocycles. The van der Waals surface area contributed by atoms with Gasteiger partial charge < -0.3 is 20.1 Å². The van der Waals surface area contributed by atoms with E-state index >= 15 is 0 Å². The average molecular weight is 134 g/mol. The Hall–Kier alpha value is -0.160. The molecule has 1 fully saturated rings. The molecule has 3 N–H and O–H groups in total. The lowest BCUT2D eigenvalue weighted by Crippen LogP contribution is -2.26. The second-order valence-electron chi connectivity index (χ2n) is 2.17. The summed E-state index contributed by atoms with van der Waals surface area (Å²) in [6, 6.07) is 0. The van der Waals surface area contributed by atoms with Crippen LogP contribution in [0.15, 0.2) is 0 Å². The molecule has 0 amide bonds. The number of ether oxygens (including phenoxy) is 1. The molecule has 0 aromatic rings. The summed E-state index contributed by atoms with van der Waals surface area (Å²) in [7, 11) is 0. The molecule has 1 saturated heterocycles. The van der Waals surface area contributed by atoms with Crippen molar-refractivity contribution >= 4 is 0 Å². The maximum absolute atomic E-state index is 8.56. The standard InChI is InChI=1S/C5H10O4/c6-1-4-5(2-7,3-8)9-4/h4,6-8H,1-3H2. The maximum Gasteiger partial charge on any atom is 0.143 e. The zero-order valence-corrected chi connectivity index (χ0v) is 4.95. The molecular formula is C5H10O4. The van der Waals surface area contributed by atoms with Crippen molar-refractivity contribution in [2.75, 3.05) is 19.8 Å². The van der Waals surface area contributed by atoms with Gasteiger partial charge in [0.25, 0.3) is 0 Å². The van der Waals surface area contributed by atoms with E-state index < -0.39 is 5.60 Å². The van der Waals surface area contributed by atoms with Crippen LogP contribution in [0.1, 0.15) is 0 Å². The number of aliphatic hydroxyl groups excluding tert-OH is 3. The molecule has 0 aliphatic carbocycles. The highest BCUT2D eigenvalue weighted by atomic mass is 16.6. The fourth-order valence-electron chi connectivity index (χ4n) is 0.781.